The van der Waals surface area contributed by atoms with Gasteiger partial charge >= 0.3 is 0 Å². The molecule has 8 heteroatoms. The summed E-state index contributed by atoms with van der Waals surface area (Å²) >= 11 is 0. The van der Waals surface area contributed by atoms with Crippen molar-refractivity contribution in [2.45, 2.75) is 52.7 Å². The van der Waals surface area contributed by atoms with Crippen LogP contribution in [0, 0.1) is 0 Å². The minimum Gasteiger partial charge on any atom is -0.379 e. The normalized spacial score (nSPS) is 16.4. The highest BCUT2D eigenvalue weighted by Crippen LogP contribution is 2.12. The van der Waals surface area contributed by atoms with Crippen LogP contribution in [0.5, 0.6) is 0 Å². The lowest BCUT2D eigenvalue weighted by molar-refractivity contribution is 0.0168. The molecular weight excluding hydrogens is 481 g/mol. The molecule has 1 atom stereocenters. The molecule has 166 valence electrons. The van der Waals surface area contributed by atoms with Crippen LogP contribution in [-0.2, 0) is 16.0 Å². The molecule has 2 N–H and O–H groups in total. The second-order valence-corrected chi connectivity index (χ2v) is 6.88. The Kier molecular flexibility index (Phi) is 14.0. The van der Waals surface area contributed by atoms with Crippen LogP contribution in [0.4, 0.5) is 5.82 Å². The number of halogens is 1. The Morgan fingerprint density at radius 1 is 1.28 bits per heavy atom. The third-order valence-electron chi connectivity index (χ3n) is 4.75. The third-order valence-corrected chi connectivity index (χ3v) is 4.75. The molecule has 1 saturated heterocycles. The number of nitrogens with one attached hydrogen (secondary N) is 2. The average molecular weight is 519 g/mol. The summed E-state index contributed by atoms with van der Waals surface area (Å²) in [5, 5.41) is 6.65. The first-order valence-corrected chi connectivity index (χ1v) is 10.7. The molecule has 0 bridgehead atoms. The van der Waals surface area contributed by atoms with Gasteiger partial charge in [-0.05, 0) is 51.7 Å². The second kappa shape index (κ2) is 15.7. The minimum absolute atomic E-state index is 0. The van der Waals surface area contributed by atoms with Crippen molar-refractivity contribution in [3.63, 3.8) is 0 Å². The van der Waals surface area contributed by atoms with Gasteiger partial charge in [0.1, 0.15) is 5.82 Å². The number of ether oxygens (including phenoxy) is 2. The van der Waals surface area contributed by atoms with E-state index in [4.69, 9.17) is 9.47 Å². The molecule has 1 aliphatic rings. The highest BCUT2D eigenvalue weighted by Gasteiger charge is 2.14. The van der Waals surface area contributed by atoms with Gasteiger partial charge in [-0.3, -0.25) is 0 Å². The highest BCUT2D eigenvalue weighted by molar-refractivity contribution is 14.0. The topological polar surface area (TPSA) is 71.0 Å². The molecule has 2 rings (SSSR count). The van der Waals surface area contributed by atoms with Gasteiger partial charge in [0.05, 0.1) is 19.3 Å². The Labute approximate surface area is 193 Å². The van der Waals surface area contributed by atoms with E-state index in [0.29, 0.717) is 19.3 Å². The highest BCUT2D eigenvalue weighted by atomic mass is 127. The van der Waals surface area contributed by atoms with E-state index in [9.17, 15) is 0 Å². The van der Waals surface area contributed by atoms with Gasteiger partial charge in [0.25, 0.3) is 0 Å². The molecule has 0 aliphatic carbocycles. The fourth-order valence-electron chi connectivity index (χ4n) is 3.13. The Balaban J connectivity index is 0.00000420. The molecule has 0 saturated carbocycles. The molecule has 29 heavy (non-hydrogen) atoms. The lowest BCUT2D eigenvalue weighted by Gasteiger charge is -2.19. The van der Waals surface area contributed by atoms with E-state index in [0.717, 1.165) is 76.0 Å². The van der Waals surface area contributed by atoms with Gasteiger partial charge in [-0.25, -0.2) is 9.98 Å². The second-order valence-electron chi connectivity index (χ2n) is 6.88. The van der Waals surface area contributed by atoms with Gasteiger partial charge in [-0.15, -0.1) is 24.0 Å². The first-order chi connectivity index (χ1) is 13.8. The molecule has 1 unspecified atom stereocenters. The van der Waals surface area contributed by atoms with Crippen LogP contribution in [0.2, 0.25) is 0 Å². The summed E-state index contributed by atoms with van der Waals surface area (Å²) in [5.74, 6) is 1.85. The third kappa shape index (κ3) is 9.95. The summed E-state index contributed by atoms with van der Waals surface area (Å²) in [7, 11) is 0. The van der Waals surface area contributed by atoms with Gasteiger partial charge in [0.15, 0.2) is 5.96 Å². The van der Waals surface area contributed by atoms with Crippen molar-refractivity contribution < 1.29 is 9.47 Å². The summed E-state index contributed by atoms with van der Waals surface area (Å²) in [5.41, 5.74) is 1.10. The van der Waals surface area contributed by atoms with Gasteiger partial charge < -0.3 is 25.0 Å². The van der Waals surface area contributed by atoms with E-state index in [1.165, 1.54) is 0 Å². The molecule has 2 heterocycles. The Morgan fingerprint density at radius 3 is 2.72 bits per heavy atom. The van der Waals surface area contributed by atoms with Crippen LogP contribution in [0.3, 0.4) is 0 Å². The maximum absolute atomic E-state index is 5.70. The quantitative estimate of drug-likeness (QED) is 0.191. The van der Waals surface area contributed by atoms with Gasteiger partial charge in [0, 0.05) is 45.6 Å². The number of hydrogen-bond donors (Lipinski definition) is 2. The fourth-order valence-corrected chi connectivity index (χ4v) is 3.13. The summed E-state index contributed by atoms with van der Waals surface area (Å²) in [6, 6.07) is 4.18. The molecule has 0 amide bonds. The molecule has 1 aliphatic heterocycles. The summed E-state index contributed by atoms with van der Waals surface area (Å²) in [4.78, 5) is 11.5. The number of aliphatic imine (C=N–C) groups is 1. The van der Waals surface area contributed by atoms with Crippen molar-refractivity contribution >= 4 is 35.8 Å². The predicted molar refractivity (Wildman–Crippen MR) is 130 cm³/mol. The predicted octanol–water partition coefficient (Wildman–Crippen LogP) is 3.19. The fraction of sp³-hybridized carbons (Fsp3) is 0.714. The van der Waals surface area contributed by atoms with E-state index in [-0.39, 0.29) is 24.0 Å². The smallest absolute Gasteiger partial charge is 0.191 e. The van der Waals surface area contributed by atoms with Crippen molar-refractivity contribution in [1.82, 2.24) is 15.6 Å². The van der Waals surface area contributed by atoms with Crippen molar-refractivity contribution in [3.8, 4) is 0 Å². The molecule has 1 aromatic heterocycles. The monoisotopic (exact) mass is 519 g/mol. The molecular formula is C21H38IN5O2. The van der Waals surface area contributed by atoms with Crippen LogP contribution < -0.4 is 15.5 Å². The summed E-state index contributed by atoms with van der Waals surface area (Å²) in [6.45, 7) is 12.9. The molecule has 0 spiro atoms. The van der Waals surface area contributed by atoms with E-state index in [1.54, 1.807) is 0 Å². The van der Waals surface area contributed by atoms with Crippen molar-refractivity contribution in [3.05, 3.63) is 23.9 Å². The van der Waals surface area contributed by atoms with Gasteiger partial charge in [-0.1, -0.05) is 6.07 Å². The number of pyridine rings is 1. The molecule has 0 aromatic carbocycles. The lowest BCUT2D eigenvalue weighted by atomic mass is 10.2. The zero-order valence-corrected chi connectivity index (χ0v) is 20.5. The first-order valence-electron chi connectivity index (χ1n) is 10.7. The van der Waals surface area contributed by atoms with Crippen LogP contribution in [0.25, 0.3) is 0 Å². The zero-order valence-electron chi connectivity index (χ0n) is 18.2. The van der Waals surface area contributed by atoms with E-state index in [2.05, 4.69) is 58.4 Å². The molecule has 7 nitrogen and oxygen atoms in total. The van der Waals surface area contributed by atoms with Crippen LogP contribution >= 0.6 is 24.0 Å². The Morgan fingerprint density at radius 2 is 2.10 bits per heavy atom. The molecule has 1 fully saturated rings. The SMILES string of the molecule is CCNC(=NCc1ccc(N(CC)CC)nc1)NCCCOCC1CCCO1.I. The summed E-state index contributed by atoms with van der Waals surface area (Å²) < 4.78 is 11.3. The standard InChI is InChI=1S/C21H37N5O2.HI/c1-4-22-21(23-12-8-13-27-17-19-9-7-14-28-19)25-16-18-10-11-20(24-15-18)26(5-2)6-3;/h10-11,15,19H,4-9,12-14,16-17H2,1-3H3,(H2,22,23,25);1H. The summed E-state index contributed by atoms with van der Waals surface area (Å²) in [6.07, 6.45) is 5.44. The molecule has 0 radical (unpaired) electrons. The van der Waals surface area contributed by atoms with E-state index < -0.39 is 0 Å². The number of aromatic nitrogens is 1. The number of rotatable bonds is 12. The number of nitrogens with zero attached hydrogens (tertiary/aromatic N) is 3. The maximum atomic E-state index is 5.70. The Hall–Kier alpha value is -1.13. The van der Waals surface area contributed by atoms with Crippen molar-refractivity contribution in [2.24, 2.45) is 4.99 Å². The number of hydrogen-bond acceptors (Lipinski definition) is 5. The lowest BCUT2D eigenvalue weighted by Crippen LogP contribution is -2.38. The minimum atomic E-state index is 0. The Bertz CT molecular complexity index is 561. The van der Waals surface area contributed by atoms with Gasteiger partial charge in [0.2, 0.25) is 0 Å². The molecule has 1 aromatic rings. The van der Waals surface area contributed by atoms with Crippen molar-refractivity contribution in [1.29, 1.82) is 0 Å². The number of anilines is 1. The largest absolute Gasteiger partial charge is 0.379 e. The van der Waals surface area contributed by atoms with Gasteiger partial charge in [-0.2, -0.15) is 0 Å². The number of guanidine groups is 1. The maximum Gasteiger partial charge on any atom is 0.191 e. The average Bonchev–Trinajstić information content (AvgIpc) is 3.24. The van der Waals surface area contributed by atoms with Crippen LogP contribution in [0.15, 0.2) is 23.3 Å². The zero-order chi connectivity index (χ0) is 20.0. The van der Waals surface area contributed by atoms with Crippen molar-refractivity contribution in [2.75, 3.05) is 50.9 Å². The van der Waals surface area contributed by atoms with Crippen LogP contribution in [-0.4, -0.2) is 63.0 Å². The first kappa shape index (κ1) is 25.9. The van der Waals surface area contributed by atoms with E-state index in [1.807, 2.05) is 6.20 Å². The van der Waals surface area contributed by atoms with E-state index >= 15 is 0 Å². The van der Waals surface area contributed by atoms with Crippen LogP contribution in [0.1, 0.15) is 45.6 Å².